The Bertz CT molecular complexity index is 1370. The molecule has 6 rings (SSSR count). The molecular weight excluding hydrogens is 428 g/mol. The number of pyridine rings is 2. The van der Waals surface area contributed by atoms with Gasteiger partial charge in [0.1, 0.15) is 17.5 Å². The third kappa shape index (κ3) is 3.56. The van der Waals surface area contributed by atoms with Gasteiger partial charge in [-0.1, -0.05) is 0 Å². The van der Waals surface area contributed by atoms with E-state index in [1.54, 1.807) is 19.1 Å². The normalized spacial score (nSPS) is 22.9. The van der Waals surface area contributed by atoms with Crippen LogP contribution in [0.1, 0.15) is 25.2 Å². The summed E-state index contributed by atoms with van der Waals surface area (Å²) in [6, 6.07) is 9.51. The van der Waals surface area contributed by atoms with Crippen LogP contribution in [0.2, 0.25) is 0 Å². The second kappa shape index (κ2) is 7.62. The molecule has 1 aliphatic carbocycles. The minimum Gasteiger partial charge on any atom is -0.504 e. The van der Waals surface area contributed by atoms with E-state index in [0.717, 1.165) is 25.3 Å². The monoisotopic (exact) mass is 451 g/mol. The molecule has 4 heterocycles. The number of nitrogens with one attached hydrogen (secondary N) is 1. The molecule has 1 aromatic carbocycles. The van der Waals surface area contributed by atoms with E-state index < -0.39 is 17.7 Å². The second-order valence-electron chi connectivity index (χ2n) is 8.93. The summed E-state index contributed by atoms with van der Waals surface area (Å²) in [5.41, 5.74) is 2.27. The summed E-state index contributed by atoms with van der Waals surface area (Å²) in [4.78, 5) is 15.5. The highest BCUT2D eigenvalue weighted by Gasteiger charge is 2.33. The number of oxazole rings is 1. The molecular formula is C24H23F2N5O2. The SMILES string of the molecule is Cc1nc2c(F)c(O)c(-c3ccc4nc(N5CCC(N[C@H]6C[C@H](F)C6)C5)ccc4n3)cc2o1. The first-order valence-electron chi connectivity index (χ1n) is 11.2. The Morgan fingerprint density at radius 3 is 2.70 bits per heavy atom. The molecule has 1 saturated carbocycles. The van der Waals surface area contributed by atoms with Crippen LogP contribution < -0.4 is 10.2 Å². The van der Waals surface area contributed by atoms with Crippen LogP contribution >= 0.6 is 0 Å². The Morgan fingerprint density at radius 2 is 1.88 bits per heavy atom. The minimum absolute atomic E-state index is 0.000995. The fourth-order valence-electron chi connectivity index (χ4n) is 4.77. The highest BCUT2D eigenvalue weighted by atomic mass is 19.1. The van der Waals surface area contributed by atoms with E-state index >= 15 is 0 Å². The zero-order chi connectivity index (χ0) is 22.7. The molecule has 1 unspecified atom stereocenters. The van der Waals surface area contributed by atoms with E-state index in [2.05, 4.69) is 20.2 Å². The van der Waals surface area contributed by atoms with E-state index in [1.165, 1.54) is 0 Å². The van der Waals surface area contributed by atoms with Gasteiger partial charge in [0.25, 0.3) is 0 Å². The number of halogens is 2. The van der Waals surface area contributed by atoms with Crippen molar-refractivity contribution in [3.05, 3.63) is 42.0 Å². The first kappa shape index (κ1) is 20.3. The van der Waals surface area contributed by atoms with Crippen molar-refractivity contribution in [3.8, 4) is 17.0 Å². The fourth-order valence-corrected chi connectivity index (χ4v) is 4.77. The van der Waals surface area contributed by atoms with Crippen LogP contribution in [0.15, 0.2) is 34.7 Å². The van der Waals surface area contributed by atoms with Crippen molar-refractivity contribution in [1.29, 1.82) is 0 Å². The largest absolute Gasteiger partial charge is 0.504 e. The maximum Gasteiger partial charge on any atom is 0.195 e. The molecule has 4 aromatic rings. The van der Waals surface area contributed by atoms with Gasteiger partial charge in [0.15, 0.2) is 23.0 Å². The van der Waals surface area contributed by atoms with Crippen LogP contribution in [0.4, 0.5) is 14.6 Å². The lowest BCUT2D eigenvalue weighted by atomic mass is 9.90. The molecule has 3 aromatic heterocycles. The van der Waals surface area contributed by atoms with E-state index in [1.807, 2.05) is 18.2 Å². The molecule has 2 N–H and O–H groups in total. The van der Waals surface area contributed by atoms with Crippen molar-refractivity contribution in [2.24, 2.45) is 0 Å². The topological polar surface area (TPSA) is 87.3 Å². The van der Waals surface area contributed by atoms with Gasteiger partial charge in [0.2, 0.25) is 0 Å². The predicted octanol–water partition coefficient (Wildman–Crippen LogP) is 4.26. The number of nitrogens with zero attached hydrogens (tertiary/aromatic N) is 4. The number of phenolic OH excluding ortho intramolecular Hbond substituents is 1. The van der Waals surface area contributed by atoms with Gasteiger partial charge < -0.3 is 19.7 Å². The van der Waals surface area contributed by atoms with Crippen molar-refractivity contribution in [2.45, 2.75) is 44.4 Å². The maximum atomic E-state index is 14.6. The number of aryl methyl sites for hydroxylation is 1. The second-order valence-corrected chi connectivity index (χ2v) is 8.93. The highest BCUT2D eigenvalue weighted by molar-refractivity contribution is 5.87. The lowest BCUT2D eigenvalue weighted by Crippen LogP contribution is -2.48. The van der Waals surface area contributed by atoms with Crippen molar-refractivity contribution in [1.82, 2.24) is 20.3 Å². The summed E-state index contributed by atoms with van der Waals surface area (Å²) in [7, 11) is 0. The third-order valence-electron chi connectivity index (χ3n) is 6.57. The lowest BCUT2D eigenvalue weighted by molar-refractivity contribution is 0.148. The molecule has 170 valence electrons. The first-order valence-corrected chi connectivity index (χ1v) is 11.2. The third-order valence-corrected chi connectivity index (χ3v) is 6.57. The molecule has 0 amide bonds. The minimum atomic E-state index is -0.823. The maximum absolute atomic E-state index is 14.6. The van der Waals surface area contributed by atoms with Crippen molar-refractivity contribution >= 4 is 28.0 Å². The Morgan fingerprint density at radius 1 is 1.09 bits per heavy atom. The summed E-state index contributed by atoms with van der Waals surface area (Å²) in [6.07, 6.45) is 1.57. The molecule has 33 heavy (non-hydrogen) atoms. The quantitative estimate of drug-likeness (QED) is 0.479. The van der Waals surface area contributed by atoms with Crippen LogP contribution in [0.5, 0.6) is 5.75 Å². The van der Waals surface area contributed by atoms with Crippen molar-refractivity contribution in [2.75, 3.05) is 18.0 Å². The number of phenols is 1. The molecule has 9 heteroatoms. The molecule has 2 fully saturated rings. The Labute approximate surface area is 188 Å². The molecule has 7 nitrogen and oxygen atoms in total. The van der Waals surface area contributed by atoms with Gasteiger partial charge in [-0.2, -0.15) is 0 Å². The van der Waals surface area contributed by atoms with Crippen LogP contribution in [-0.4, -0.2) is 51.4 Å². The number of hydrogen-bond donors (Lipinski definition) is 2. The summed E-state index contributed by atoms with van der Waals surface area (Å²) < 4.78 is 33.1. The summed E-state index contributed by atoms with van der Waals surface area (Å²) >= 11 is 0. The number of hydrogen-bond acceptors (Lipinski definition) is 7. The first-order chi connectivity index (χ1) is 15.9. The molecule has 1 saturated heterocycles. The number of fused-ring (bicyclic) bond motifs is 2. The molecule has 2 aliphatic rings. The Kier molecular flexibility index (Phi) is 4.69. The van der Waals surface area contributed by atoms with E-state index in [4.69, 9.17) is 9.40 Å². The average molecular weight is 451 g/mol. The molecule has 0 radical (unpaired) electrons. The van der Waals surface area contributed by atoms with Crippen LogP contribution in [0, 0.1) is 12.7 Å². The van der Waals surface area contributed by atoms with Crippen LogP contribution in [-0.2, 0) is 0 Å². The van der Waals surface area contributed by atoms with E-state index in [9.17, 15) is 13.9 Å². The number of aromatic nitrogens is 3. The summed E-state index contributed by atoms with van der Waals surface area (Å²) in [5.74, 6) is -0.141. The van der Waals surface area contributed by atoms with Gasteiger partial charge in [0, 0.05) is 37.7 Å². The van der Waals surface area contributed by atoms with Gasteiger partial charge in [-0.15, -0.1) is 0 Å². The number of aromatic hydroxyl groups is 1. The number of anilines is 1. The predicted molar refractivity (Wildman–Crippen MR) is 121 cm³/mol. The lowest BCUT2D eigenvalue weighted by Gasteiger charge is -2.33. The molecule has 0 spiro atoms. The van der Waals surface area contributed by atoms with Gasteiger partial charge in [-0.25, -0.2) is 23.7 Å². The van der Waals surface area contributed by atoms with Gasteiger partial charge >= 0.3 is 0 Å². The smallest absolute Gasteiger partial charge is 0.195 e. The Balaban J connectivity index is 1.26. The zero-order valence-corrected chi connectivity index (χ0v) is 18.1. The van der Waals surface area contributed by atoms with E-state index in [0.29, 0.717) is 47.5 Å². The number of benzene rings is 1. The summed E-state index contributed by atoms with van der Waals surface area (Å²) in [5, 5.41) is 13.9. The van der Waals surface area contributed by atoms with Crippen molar-refractivity contribution < 1.29 is 18.3 Å². The fraction of sp³-hybridized carbons (Fsp3) is 0.375. The molecule has 1 aliphatic heterocycles. The number of rotatable bonds is 4. The van der Waals surface area contributed by atoms with Crippen molar-refractivity contribution in [3.63, 3.8) is 0 Å². The zero-order valence-electron chi connectivity index (χ0n) is 18.1. The van der Waals surface area contributed by atoms with Gasteiger partial charge in [0.05, 0.1) is 16.7 Å². The molecule has 1 atom stereocenters. The Hall–Kier alpha value is -3.33. The van der Waals surface area contributed by atoms with Gasteiger partial charge in [-0.05, 0) is 49.6 Å². The van der Waals surface area contributed by atoms with E-state index in [-0.39, 0.29) is 16.7 Å². The molecule has 0 bridgehead atoms. The average Bonchev–Trinajstić information content (AvgIpc) is 3.41. The summed E-state index contributed by atoms with van der Waals surface area (Å²) in [6.45, 7) is 3.34. The highest BCUT2D eigenvalue weighted by Crippen LogP contribution is 2.36. The van der Waals surface area contributed by atoms with Gasteiger partial charge in [-0.3, -0.25) is 0 Å². The van der Waals surface area contributed by atoms with Crippen LogP contribution in [0.3, 0.4) is 0 Å². The van der Waals surface area contributed by atoms with Crippen LogP contribution in [0.25, 0.3) is 33.4 Å². The number of alkyl halides is 1. The standard InChI is InChI=1S/C24H23F2N5O2/c1-12-27-23-20(33-12)10-16(24(32)22(23)26)17-2-3-19-18(29-17)4-5-21(30-19)31-7-6-14(11-31)28-15-8-13(25)9-15/h2-5,10,13-15,28,32H,6-9,11H2,1H3/t13-,14?,15-.